The standard InChI is InChI=1S/C23H23N3O7/c1-24(2)8-9-25-20(14-4-3-5-16(12-14)26(30)31)19(22(28)23(25)29)21(27)15-6-7-17-18(13-15)33-11-10-32-17/h3-7,12-13,20,27H,8-11H2,1-2H3/b21-19+/t20-/m0/s1. The van der Waals surface area contributed by atoms with Crippen LogP contribution < -0.4 is 9.47 Å². The number of nitro benzene ring substituents is 1. The molecular weight excluding hydrogens is 430 g/mol. The van der Waals surface area contributed by atoms with Gasteiger partial charge in [0.15, 0.2) is 11.5 Å². The van der Waals surface area contributed by atoms with Crippen LogP contribution in [-0.4, -0.2) is 71.9 Å². The number of likely N-dealkylation sites (tertiary alicyclic amines) is 1. The van der Waals surface area contributed by atoms with Gasteiger partial charge in [-0.2, -0.15) is 0 Å². The molecule has 0 unspecified atom stereocenters. The minimum Gasteiger partial charge on any atom is -0.507 e. The third kappa shape index (κ3) is 4.24. The van der Waals surface area contributed by atoms with Crippen LogP contribution in [0.5, 0.6) is 11.5 Å². The Morgan fingerprint density at radius 1 is 1.15 bits per heavy atom. The van der Waals surface area contributed by atoms with Gasteiger partial charge in [-0.3, -0.25) is 19.7 Å². The van der Waals surface area contributed by atoms with E-state index in [-0.39, 0.29) is 29.1 Å². The number of fused-ring (bicyclic) bond motifs is 1. The first-order valence-corrected chi connectivity index (χ1v) is 10.4. The zero-order chi connectivity index (χ0) is 23.7. The van der Waals surface area contributed by atoms with E-state index in [0.717, 1.165) is 0 Å². The summed E-state index contributed by atoms with van der Waals surface area (Å²) in [6, 6.07) is 9.49. The highest BCUT2D eigenvalue weighted by Gasteiger charge is 2.46. The Kier molecular flexibility index (Phi) is 6.01. The van der Waals surface area contributed by atoms with Crippen LogP contribution in [0.3, 0.4) is 0 Å². The number of hydrogen-bond donors (Lipinski definition) is 1. The number of benzene rings is 2. The first-order chi connectivity index (χ1) is 15.8. The quantitative estimate of drug-likeness (QED) is 0.233. The fourth-order valence-corrected chi connectivity index (χ4v) is 3.92. The molecule has 0 spiro atoms. The molecular formula is C23H23N3O7. The van der Waals surface area contributed by atoms with Gasteiger partial charge in [0, 0.05) is 30.8 Å². The minimum atomic E-state index is -0.974. The summed E-state index contributed by atoms with van der Waals surface area (Å²) in [7, 11) is 3.66. The summed E-state index contributed by atoms with van der Waals surface area (Å²) in [5.41, 5.74) is 0.336. The van der Waals surface area contributed by atoms with Crippen molar-refractivity contribution in [2.75, 3.05) is 40.4 Å². The summed E-state index contributed by atoms with van der Waals surface area (Å²) in [5.74, 6) is -1.07. The maximum absolute atomic E-state index is 13.1. The van der Waals surface area contributed by atoms with Crippen molar-refractivity contribution in [2.24, 2.45) is 0 Å². The van der Waals surface area contributed by atoms with Crippen LogP contribution in [0.2, 0.25) is 0 Å². The molecule has 33 heavy (non-hydrogen) atoms. The van der Waals surface area contributed by atoms with Crippen molar-refractivity contribution in [2.45, 2.75) is 6.04 Å². The topological polar surface area (TPSA) is 122 Å². The number of amides is 1. The summed E-state index contributed by atoms with van der Waals surface area (Å²) in [6.07, 6.45) is 0. The maximum atomic E-state index is 13.1. The second kappa shape index (κ2) is 8.91. The lowest BCUT2D eigenvalue weighted by molar-refractivity contribution is -0.384. The van der Waals surface area contributed by atoms with Crippen LogP contribution in [0.15, 0.2) is 48.0 Å². The van der Waals surface area contributed by atoms with E-state index in [0.29, 0.717) is 36.8 Å². The average molecular weight is 453 g/mol. The predicted molar refractivity (Wildman–Crippen MR) is 118 cm³/mol. The van der Waals surface area contributed by atoms with Gasteiger partial charge in [-0.15, -0.1) is 0 Å². The Morgan fingerprint density at radius 3 is 2.58 bits per heavy atom. The Bertz CT molecular complexity index is 1160. The van der Waals surface area contributed by atoms with E-state index in [2.05, 4.69) is 0 Å². The van der Waals surface area contributed by atoms with E-state index in [1.54, 1.807) is 24.3 Å². The first-order valence-electron chi connectivity index (χ1n) is 10.4. The van der Waals surface area contributed by atoms with Gasteiger partial charge in [-0.1, -0.05) is 12.1 Å². The number of Topliss-reactive ketones (excluding diaryl/α,β-unsaturated/α-hetero) is 1. The van der Waals surface area contributed by atoms with Crippen molar-refractivity contribution >= 4 is 23.1 Å². The maximum Gasteiger partial charge on any atom is 0.295 e. The largest absolute Gasteiger partial charge is 0.507 e. The number of rotatable bonds is 6. The lowest BCUT2D eigenvalue weighted by atomic mass is 9.95. The van der Waals surface area contributed by atoms with Crippen LogP contribution in [-0.2, 0) is 9.59 Å². The van der Waals surface area contributed by atoms with Crippen molar-refractivity contribution in [1.29, 1.82) is 0 Å². The van der Waals surface area contributed by atoms with E-state index in [4.69, 9.17) is 9.47 Å². The number of hydrogen-bond acceptors (Lipinski definition) is 8. The van der Waals surface area contributed by atoms with Gasteiger partial charge < -0.3 is 24.4 Å². The van der Waals surface area contributed by atoms with E-state index < -0.39 is 22.7 Å². The molecule has 1 N–H and O–H groups in total. The second-order valence-electron chi connectivity index (χ2n) is 8.01. The SMILES string of the molecule is CN(C)CCN1C(=O)C(=O)/C(=C(/O)c2ccc3c(c2)OCCO3)[C@@H]1c1cccc([N+](=O)[O-])c1. The van der Waals surface area contributed by atoms with E-state index in [9.17, 15) is 24.8 Å². The number of ether oxygens (including phenoxy) is 2. The molecule has 4 rings (SSSR count). The summed E-state index contributed by atoms with van der Waals surface area (Å²) >= 11 is 0. The molecule has 1 fully saturated rings. The molecule has 2 aromatic rings. The Labute approximate surface area is 189 Å². The van der Waals surface area contributed by atoms with Crippen molar-refractivity contribution in [3.8, 4) is 11.5 Å². The highest BCUT2D eigenvalue weighted by Crippen LogP contribution is 2.41. The molecule has 1 amide bonds. The first kappa shape index (κ1) is 22.3. The number of ketones is 1. The number of aliphatic hydroxyl groups excluding tert-OH is 1. The Hall–Kier alpha value is -3.92. The molecule has 1 atom stereocenters. The number of nitro groups is 1. The van der Waals surface area contributed by atoms with Crippen LogP contribution in [0, 0.1) is 10.1 Å². The molecule has 172 valence electrons. The van der Waals surface area contributed by atoms with Gasteiger partial charge in [0.05, 0.1) is 16.5 Å². The Balaban J connectivity index is 1.85. The summed E-state index contributed by atoms with van der Waals surface area (Å²) in [5, 5.41) is 22.5. The van der Waals surface area contributed by atoms with Crippen molar-refractivity contribution in [3.63, 3.8) is 0 Å². The lowest BCUT2D eigenvalue weighted by Crippen LogP contribution is -2.35. The zero-order valence-electron chi connectivity index (χ0n) is 18.2. The van der Waals surface area contributed by atoms with Crippen LogP contribution >= 0.6 is 0 Å². The number of non-ortho nitro benzene ring substituents is 1. The van der Waals surface area contributed by atoms with Crippen molar-refractivity contribution in [3.05, 3.63) is 69.3 Å². The van der Waals surface area contributed by atoms with Crippen molar-refractivity contribution < 1.29 is 29.1 Å². The molecule has 2 aliphatic heterocycles. The monoisotopic (exact) mass is 453 g/mol. The molecule has 10 heteroatoms. The molecule has 2 heterocycles. The number of aliphatic hydroxyl groups is 1. The third-order valence-corrected chi connectivity index (χ3v) is 5.54. The molecule has 0 aromatic heterocycles. The molecule has 0 aliphatic carbocycles. The summed E-state index contributed by atoms with van der Waals surface area (Å²) < 4.78 is 11.1. The normalized spacial score (nSPS) is 19.2. The molecule has 10 nitrogen and oxygen atoms in total. The Morgan fingerprint density at radius 2 is 1.88 bits per heavy atom. The number of carbonyl (C=O) groups excluding carboxylic acids is 2. The fourth-order valence-electron chi connectivity index (χ4n) is 3.92. The van der Waals surface area contributed by atoms with Gasteiger partial charge in [0.2, 0.25) is 0 Å². The predicted octanol–water partition coefficient (Wildman–Crippen LogP) is 2.35. The fraction of sp³-hybridized carbons (Fsp3) is 0.304. The highest BCUT2D eigenvalue weighted by molar-refractivity contribution is 6.46. The molecule has 0 bridgehead atoms. The molecule has 2 aromatic carbocycles. The molecule has 0 saturated carbocycles. The molecule has 1 saturated heterocycles. The smallest absolute Gasteiger partial charge is 0.295 e. The lowest BCUT2D eigenvalue weighted by Gasteiger charge is -2.26. The third-order valence-electron chi connectivity index (χ3n) is 5.54. The second-order valence-corrected chi connectivity index (χ2v) is 8.01. The van der Waals surface area contributed by atoms with Crippen molar-refractivity contribution in [1.82, 2.24) is 9.80 Å². The van der Waals surface area contributed by atoms with Gasteiger partial charge in [0.25, 0.3) is 17.4 Å². The van der Waals surface area contributed by atoms with E-state index in [1.165, 1.54) is 23.1 Å². The van der Waals surface area contributed by atoms with Gasteiger partial charge >= 0.3 is 0 Å². The molecule has 2 aliphatic rings. The van der Waals surface area contributed by atoms with Gasteiger partial charge in [-0.05, 0) is 37.9 Å². The van der Waals surface area contributed by atoms with E-state index in [1.807, 2.05) is 19.0 Å². The zero-order valence-corrected chi connectivity index (χ0v) is 18.2. The van der Waals surface area contributed by atoms with Crippen LogP contribution in [0.25, 0.3) is 5.76 Å². The summed E-state index contributed by atoms with van der Waals surface area (Å²) in [6.45, 7) is 1.41. The van der Waals surface area contributed by atoms with E-state index >= 15 is 0 Å². The summed E-state index contributed by atoms with van der Waals surface area (Å²) in [4.78, 5) is 40.0. The van der Waals surface area contributed by atoms with Gasteiger partial charge in [-0.25, -0.2) is 0 Å². The number of nitrogens with zero attached hydrogens (tertiary/aromatic N) is 3. The molecule has 0 radical (unpaired) electrons. The number of likely N-dealkylation sites (N-methyl/N-ethyl adjacent to an activating group) is 1. The minimum absolute atomic E-state index is 0.129. The number of carbonyl (C=O) groups is 2. The highest BCUT2D eigenvalue weighted by atomic mass is 16.6. The van der Waals surface area contributed by atoms with Gasteiger partial charge in [0.1, 0.15) is 19.0 Å². The van der Waals surface area contributed by atoms with Crippen LogP contribution in [0.4, 0.5) is 5.69 Å². The average Bonchev–Trinajstić information content (AvgIpc) is 3.06. The van der Waals surface area contributed by atoms with Crippen LogP contribution in [0.1, 0.15) is 17.2 Å².